The molecule has 29 heavy (non-hydrogen) atoms. The van der Waals surface area contributed by atoms with Gasteiger partial charge in [-0.25, -0.2) is 9.69 Å². The van der Waals surface area contributed by atoms with Crippen molar-refractivity contribution in [1.82, 2.24) is 10.2 Å². The lowest BCUT2D eigenvalue weighted by molar-refractivity contribution is -0.127. The Bertz CT molecular complexity index is 964. The number of hydrogen-bond donors (Lipinski definition) is 2. The molecular weight excluding hydrogens is 370 g/mol. The normalized spacial score (nSPS) is 15.0. The molecule has 150 valence electrons. The third-order valence-corrected chi connectivity index (χ3v) is 4.18. The second-order valence-corrected chi connectivity index (χ2v) is 7.00. The third kappa shape index (κ3) is 5.01. The summed E-state index contributed by atoms with van der Waals surface area (Å²) in [4.78, 5) is 38.0. The first-order valence-electron chi connectivity index (χ1n) is 9.30. The zero-order chi connectivity index (χ0) is 21.0. The fraction of sp³-hybridized carbons (Fsp3) is 0.227. The van der Waals surface area contributed by atoms with E-state index in [1.807, 2.05) is 45.0 Å². The summed E-state index contributed by atoms with van der Waals surface area (Å²) in [5, 5.41) is 5.20. The van der Waals surface area contributed by atoms with Gasteiger partial charge in [0.1, 0.15) is 18.0 Å². The van der Waals surface area contributed by atoms with Crippen molar-refractivity contribution in [1.29, 1.82) is 0 Å². The summed E-state index contributed by atoms with van der Waals surface area (Å²) >= 11 is 0. The fourth-order valence-corrected chi connectivity index (χ4v) is 2.81. The molecule has 7 nitrogen and oxygen atoms in total. The number of rotatable bonds is 6. The number of ether oxygens (including phenoxy) is 1. The van der Waals surface area contributed by atoms with Gasteiger partial charge in [-0.15, -0.1) is 0 Å². The predicted molar refractivity (Wildman–Crippen MR) is 110 cm³/mol. The number of carbonyl (C=O) groups excluding carboxylic acids is 3. The van der Waals surface area contributed by atoms with Gasteiger partial charge in [0.2, 0.25) is 5.91 Å². The van der Waals surface area contributed by atoms with Crippen molar-refractivity contribution in [3.05, 3.63) is 65.4 Å². The molecule has 1 aliphatic heterocycles. The zero-order valence-electron chi connectivity index (χ0n) is 16.6. The number of para-hydroxylation sites is 1. The van der Waals surface area contributed by atoms with E-state index < -0.39 is 17.8 Å². The van der Waals surface area contributed by atoms with Crippen molar-refractivity contribution in [2.75, 3.05) is 11.9 Å². The molecule has 2 aromatic rings. The van der Waals surface area contributed by atoms with Crippen LogP contribution < -0.4 is 15.4 Å². The second kappa shape index (κ2) is 8.60. The maximum absolute atomic E-state index is 12.6. The van der Waals surface area contributed by atoms with Crippen LogP contribution in [0.5, 0.6) is 5.75 Å². The molecule has 1 saturated heterocycles. The molecule has 0 aromatic heterocycles. The lowest BCUT2D eigenvalue weighted by Crippen LogP contribution is -2.38. The SMILES string of the molecule is Cc1ccc(NC(=O)CN2C(=O)N/C(=C/c3ccccc3OC(C)C)C2=O)cc1. The van der Waals surface area contributed by atoms with E-state index in [4.69, 9.17) is 4.74 Å². The number of aryl methyl sites for hydroxylation is 1. The number of nitrogens with one attached hydrogen (secondary N) is 2. The highest BCUT2D eigenvalue weighted by Crippen LogP contribution is 2.23. The maximum atomic E-state index is 12.6. The number of amides is 4. The van der Waals surface area contributed by atoms with Gasteiger partial charge in [-0.2, -0.15) is 0 Å². The van der Waals surface area contributed by atoms with Crippen LogP contribution in [0, 0.1) is 6.92 Å². The van der Waals surface area contributed by atoms with Crippen molar-refractivity contribution in [3.8, 4) is 5.75 Å². The van der Waals surface area contributed by atoms with Crippen LogP contribution in [0.4, 0.5) is 10.5 Å². The molecule has 2 aromatic carbocycles. The number of urea groups is 1. The molecule has 0 unspecified atom stereocenters. The first kappa shape index (κ1) is 20.1. The summed E-state index contributed by atoms with van der Waals surface area (Å²) in [6, 6.07) is 13.8. The van der Waals surface area contributed by atoms with Crippen LogP contribution in [0.25, 0.3) is 6.08 Å². The van der Waals surface area contributed by atoms with E-state index in [1.54, 1.807) is 30.3 Å². The summed E-state index contributed by atoms with van der Waals surface area (Å²) in [5.74, 6) is -0.414. The molecule has 1 heterocycles. The highest BCUT2D eigenvalue weighted by molar-refractivity contribution is 6.16. The van der Waals surface area contributed by atoms with E-state index in [0.717, 1.165) is 10.5 Å². The number of benzene rings is 2. The molecule has 0 radical (unpaired) electrons. The van der Waals surface area contributed by atoms with Gasteiger partial charge in [0, 0.05) is 11.3 Å². The van der Waals surface area contributed by atoms with E-state index in [0.29, 0.717) is 17.0 Å². The Balaban J connectivity index is 1.72. The van der Waals surface area contributed by atoms with Gasteiger partial charge in [0.15, 0.2) is 0 Å². The van der Waals surface area contributed by atoms with Gasteiger partial charge >= 0.3 is 6.03 Å². The average molecular weight is 393 g/mol. The standard InChI is InChI=1S/C22H23N3O4/c1-14(2)29-19-7-5-4-6-16(19)12-18-21(27)25(22(28)24-18)13-20(26)23-17-10-8-15(3)9-11-17/h4-12,14H,13H2,1-3H3,(H,23,26)(H,24,28)/b18-12+. The van der Waals surface area contributed by atoms with Crippen LogP contribution in [0.1, 0.15) is 25.0 Å². The van der Waals surface area contributed by atoms with E-state index >= 15 is 0 Å². The highest BCUT2D eigenvalue weighted by atomic mass is 16.5. The van der Waals surface area contributed by atoms with Crippen LogP contribution in [0.15, 0.2) is 54.2 Å². The van der Waals surface area contributed by atoms with Gasteiger partial charge in [-0.3, -0.25) is 9.59 Å². The van der Waals surface area contributed by atoms with Crippen molar-refractivity contribution in [2.24, 2.45) is 0 Å². The van der Waals surface area contributed by atoms with Crippen molar-refractivity contribution in [3.63, 3.8) is 0 Å². The Hall–Kier alpha value is -3.61. The monoisotopic (exact) mass is 393 g/mol. The molecule has 7 heteroatoms. The average Bonchev–Trinajstić information content (AvgIpc) is 2.92. The van der Waals surface area contributed by atoms with Crippen LogP contribution in [-0.2, 0) is 9.59 Å². The Morgan fingerprint density at radius 3 is 2.52 bits per heavy atom. The van der Waals surface area contributed by atoms with E-state index in [2.05, 4.69) is 10.6 Å². The smallest absolute Gasteiger partial charge is 0.329 e. The number of hydrogen-bond acceptors (Lipinski definition) is 4. The number of imide groups is 1. The Morgan fingerprint density at radius 1 is 1.14 bits per heavy atom. The molecule has 0 saturated carbocycles. The molecule has 0 bridgehead atoms. The van der Waals surface area contributed by atoms with Crippen LogP contribution >= 0.6 is 0 Å². The van der Waals surface area contributed by atoms with Gasteiger partial charge in [0.25, 0.3) is 5.91 Å². The van der Waals surface area contributed by atoms with E-state index in [9.17, 15) is 14.4 Å². The van der Waals surface area contributed by atoms with Crippen LogP contribution in [0.3, 0.4) is 0 Å². The highest BCUT2D eigenvalue weighted by Gasteiger charge is 2.35. The van der Waals surface area contributed by atoms with Crippen molar-refractivity contribution in [2.45, 2.75) is 26.9 Å². The maximum Gasteiger partial charge on any atom is 0.329 e. The zero-order valence-corrected chi connectivity index (χ0v) is 16.6. The summed E-state index contributed by atoms with van der Waals surface area (Å²) in [6.07, 6.45) is 1.51. The molecular formula is C22H23N3O4. The molecule has 0 aliphatic carbocycles. The molecule has 0 spiro atoms. The first-order valence-corrected chi connectivity index (χ1v) is 9.30. The number of anilines is 1. The minimum atomic E-state index is -0.637. The Kier molecular flexibility index (Phi) is 5.97. The molecule has 1 aliphatic rings. The van der Waals surface area contributed by atoms with Crippen molar-refractivity contribution < 1.29 is 19.1 Å². The summed E-state index contributed by atoms with van der Waals surface area (Å²) in [6.45, 7) is 5.37. The summed E-state index contributed by atoms with van der Waals surface area (Å²) < 4.78 is 5.74. The largest absolute Gasteiger partial charge is 0.490 e. The fourth-order valence-electron chi connectivity index (χ4n) is 2.81. The Labute approximate surface area is 169 Å². The molecule has 4 amide bonds. The van der Waals surface area contributed by atoms with Crippen molar-refractivity contribution >= 4 is 29.6 Å². The van der Waals surface area contributed by atoms with E-state index in [1.165, 1.54) is 0 Å². The van der Waals surface area contributed by atoms with E-state index in [-0.39, 0.29) is 18.3 Å². The lowest BCUT2D eigenvalue weighted by Gasteiger charge is -2.13. The second-order valence-electron chi connectivity index (χ2n) is 7.00. The van der Waals surface area contributed by atoms with Crippen LogP contribution in [0.2, 0.25) is 0 Å². The topological polar surface area (TPSA) is 87.7 Å². The van der Waals surface area contributed by atoms with Crippen LogP contribution in [-0.4, -0.2) is 35.4 Å². The third-order valence-electron chi connectivity index (χ3n) is 4.18. The number of carbonyl (C=O) groups is 3. The molecule has 2 N–H and O–H groups in total. The minimum absolute atomic E-state index is 0.0367. The summed E-state index contributed by atoms with van der Waals surface area (Å²) in [7, 11) is 0. The van der Waals surface area contributed by atoms with Gasteiger partial charge < -0.3 is 15.4 Å². The summed E-state index contributed by atoms with van der Waals surface area (Å²) in [5.41, 5.74) is 2.42. The molecule has 1 fully saturated rings. The predicted octanol–water partition coefficient (Wildman–Crippen LogP) is 3.31. The quantitative estimate of drug-likeness (QED) is 0.582. The van der Waals surface area contributed by atoms with Gasteiger partial charge in [0.05, 0.1) is 6.10 Å². The van der Waals surface area contributed by atoms with Gasteiger partial charge in [-0.05, 0) is 45.0 Å². The first-order chi connectivity index (χ1) is 13.8. The Morgan fingerprint density at radius 2 is 1.83 bits per heavy atom. The molecule has 0 atom stereocenters. The number of nitrogens with zero attached hydrogens (tertiary/aromatic N) is 1. The lowest BCUT2D eigenvalue weighted by atomic mass is 10.1. The van der Waals surface area contributed by atoms with Gasteiger partial charge in [-0.1, -0.05) is 35.9 Å². The molecule has 3 rings (SSSR count). The minimum Gasteiger partial charge on any atom is -0.490 e.